The zero-order valence-corrected chi connectivity index (χ0v) is 19.7. The van der Waals surface area contributed by atoms with Gasteiger partial charge in [0.25, 0.3) is 5.82 Å². The fourth-order valence-electron chi connectivity index (χ4n) is 4.79. The highest BCUT2D eigenvalue weighted by atomic mass is 16.5. The second kappa shape index (κ2) is 8.97. The molecule has 3 aliphatic rings. The molecule has 0 N–H and O–H groups in total. The van der Waals surface area contributed by atoms with Crippen molar-refractivity contribution in [3.05, 3.63) is 68.6 Å². The Hall–Kier alpha value is -3.61. The van der Waals surface area contributed by atoms with E-state index in [2.05, 4.69) is 23.7 Å². The van der Waals surface area contributed by atoms with E-state index >= 15 is 0 Å². The second-order valence-corrected chi connectivity index (χ2v) is 9.43. The molecule has 2 fully saturated rings. The number of rotatable bonds is 3. The van der Waals surface area contributed by atoms with Gasteiger partial charge in [0.1, 0.15) is 5.92 Å². The summed E-state index contributed by atoms with van der Waals surface area (Å²) < 4.78 is 5.55. The molecule has 2 aromatic rings. The van der Waals surface area contributed by atoms with Gasteiger partial charge in [-0.15, -0.1) is 4.99 Å². The molecule has 0 radical (unpaired) electrons. The molecular weight excluding hydrogens is 428 g/mol. The Morgan fingerprint density at radius 3 is 2.50 bits per heavy atom. The number of aryl methyl sites for hydroxylation is 2. The highest BCUT2D eigenvalue weighted by Crippen LogP contribution is 2.30. The molecule has 0 saturated carbocycles. The van der Waals surface area contributed by atoms with Crippen LogP contribution in [0.2, 0.25) is 0 Å². The average Bonchev–Trinajstić information content (AvgIpc) is 3.48. The summed E-state index contributed by atoms with van der Waals surface area (Å²) in [6, 6.07) is 13.7. The van der Waals surface area contributed by atoms with Gasteiger partial charge < -0.3 is 9.80 Å². The third-order valence-corrected chi connectivity index (χ3v) is 7.09. The van der Waals surface area contributed by atoms with Crippen molar-refractivity contribution in [2.75, 3.05) is 24.5 Å². The van der Waals surface area contributed by atoms with E-state index in [9.17, 15) is 9.59 Å². The largest absolute Gasteiger partial charge is 0.478 e. The summed E-state index contributed by atoms with van der Waals surface area (Å²) in [6.07, 6.45) is 1.81. The van der Waals surface area contributed by atoms with Crippen LogP contribution < -0.4 is 15.3 Å². The van der Waals surface area contributed by atoms with Crippen molar-refractivity contribution in [1.82, 2.24) is 4.90 Å². The summed E-state index contributed by atoms with van der Waals surface area (Å²) in [5.41, 5.74) is 3.21. The molecule has 3 heterocycles. The third-order valence-electron chi connectivity index (χ3n) is 7.09. The van der Waals surface area contributed by atoms with Crippen LogP contribution in [-0.2, 0) is 9.59 Å². The number of hydrogen-bond acceptors (Lipinski definition) is 4. The molecule has 0 spiro atoms. The summed E-state index contributed by atoms with van der Waals surface area (Å²) in [5.74, 6) is 1.12. The van der Waals surface area contributed by atoms with Crippen molar-refractivity contribution in [2.45, 2.75) is 33.1 Å². The minimum Gasteiger partial charge on any atom is -0.342 e. The van der Waals surface area contributed by atoms with Crippen LogP contribution >= 0.6 is 0 Å². The highest BCUT2D eigenvalue weighted by Gasteiger charge is 2.41. The molecule has 0 bridgehead atoms. The minimum absolute atomic E-state index is 0.0155. The van der Waals surface area contributed by atoms with E-state index in [0.29, 0.717) is 31.4 Å². The fraction of sp³-hybridized carbons (Fsp3) is 0.370. The van der Waals surface area contributed by atoms with Crippen molar-refractivity contribution in [3.63, 3.8) is 0 Å². The first kappa shape index (κ1) is 22.2. The number of hydrogen-bond donors (Lipinski definition) is 0. The maximum absolute atomic E-state index is 13.2. The molecule has 0 aliphatic carbocycles. The number of piperidine rings is 1. The highest BCUT2D eigenvalue weighted by molar-refractivity contribution is 6.01. The van der Waals surface area contributed by atoms with Crippen molar-refractivity contribution >= 4 is 35.8 Å². The van der Waals surface area contributed by atoms with E-state index in [0.717, 1.165) is 34.5 Å². The van der Waals surface area contributed by atoms with Gasteiger partial charge in [0.15, 0.2) is 5.18 Å². The lowest BCUT2D eigenvalue weighted by molar-refractivity contribution is -0.136. The van der Waals surface area contributed by atoms with E-state index in [1.165, 1.54) is 5.56 Å². The number of carbonyl (C=O) groups is 2. The zero-order valence-electron chi connectivity index (χ0n) is 19.7. The molecule has 34 heavy (non-hydrogen) atoms. The van der Waals surface area contributed by atoms with Crippen LogP contribution in [0.5, 0.6) is 0 Å². The summed E-state index contributed by atoms with van der Waals surface area (Å²) in [7, 11) is 0. The number of carbonyl (C=O) groups excluding carboxylic acids is 2. The Morgan fingerprint density at radius 1 is 1.06 bits per heavy atom. The molecule has 0 aromatic heterocycles. The normalized spacial score (nSPS) is 20.9. The molecule has 2 aromatic carbocycles. The van der Waals surface area contributed by atoms with Crippen LogP contribution in [0.4, 0.5) is 5.69 Å². The van der Waals surface area contributed by atoms with E-state index < -0.39 is 0 Å². The number of nitroso groups, excluding NO2 is 1. The Morgan fingerprint density at radius 2 is 1.79 bits per heavy atom. The zero-order chi connectivity index (χ0) is 23.8. The number of aliphatic imine (C=N–C) groups is 1. The van der Waals surface area contributed by atoms with Crippen LogP contribution in [0.15, 0.2) is 52.6 Å². The van der Waals surface area contributed by atoms with Crippen molar-refractivity contribution in [2.24, 2.45) is 22.0 Å². The third kappa shape index (κ3) is 4.30. The van der Waals surface area contributed by atoms with Gasteiger partial charge in [-0.3, -0.25) is 9.59 Å². The first-order valence-electron chi connectivity index (χ1n) is 11.8. The van der Waals surface area contributed by atoms with Gasteiger partial charge in [0, 0.05) is 37.0 Å². The Labute approximate surface area is 198 Å². The number of nitrogens with zero attached hydrogens (tertiary/aromatic N) is 4. The molecule has 2 saturated heterocycles. The van der Waals surface area contributed by atoms with Crippen molar-refractivity contribution in [3.8, 4) is 0 Å². The number of benzene rings is 2. The van der Waals surface area contributed by atoms with Gasteiger partial charge in [0.2, 0.25) is 11.8 Å². The van der Waals surface area contributed by atoms with Crippen LogP contribution in [0.1, 0.15) is 30.4 Å². The van der Waals surface area contributed by atoms with Gasteiger partial charge in [0.05, 0.1) is 5.92 Å². The lowest BCUT2D eigenvalue weighted by atomic mass is 9.95. The topological polar surface area (TPSA) is 76.6 Å². The number of likely N-dealkylation sites (tertiary alicyclic amines) is 1. The van der Waals surface area contributed by atoms with E-state index in [4.69, 9.17) is 4.54 Å². The fourth-order valence-corrected chi connectivity index (χ4v) is 4.79. The Kier molecular flexibility index (Phi) is 5.86. The molecule has 3 aliphatic heterocycles. The second-order valence-electron chi connectivity index (χ2n) is 9.43. The van der Waals surface area contributed by atoms with Gasteiger partial charge >= 0.3 is 5.90 Å². The van der Waals surface area contributed by atoms with Gasteiger partial charge in [-0.05, 0) is 59.7 Å². The predicted octanol–water partition coefficient (Wildman–Crippen LogP) is 2.79. The van der Waals surface area contributed by atoms with Crippen LogP contribution in [0.3, 0.4) is 0 Å². The maximum Gasteiger partial charge on any atom is 0.478 e. The number of anilines is 1. The van der Waals surface area contributed by atoms with Crippen molar-refractivity contribution < 1.29 is 9.59 Å². The smallest absolute Gasteiger partial charge is 0.342 e. The van der Waals surface area contributed by atoms with Gasteiger partial charge in [-0.1, -0.05) is 36.9 Å². The summed E-state index contributed by atoms with van der Waals surface area (Å²) in [6.45, 7) is 9.69. The summed E-state index contributed by atoms with van der Waals surface area (Å²) in [4.78, 5) is 34.1. The first-order valence-corrected chi connectivity index (χ1v) is 11.8. The Bertz CT molecular complexity index is 1300. The van der Waals surface area contributed by atoms with Crippen LogP contribution in [0.25, 0.3) is 12.4 Å². The SMILES string of the molecule is C=c1ccc(=C2N=[O+]C(C3CCN(C(=O)[C@H]4CC(=O)N(c5ccc(C)c(C)c5)C4)CC3)=N2)cc1. The molecule has 0 unspecified atom stereocenters. The van der Waals surface area contributed by atoms with Crippen molar-refractivity contribution in [1.29, 1.82) is 0 Å². The molecular formula is C27H29N4O3+. The maximum atomic E-state index is 13.2. The van der Waals surface area contributed by atoms with E-state index in [-0.39, 0.29) is 30.1 Å². The van der Waals surface area contributed by atoms with Gasteiger partial charge in [-0.2, -0.15) is 0 Å². The van der Waals surface area contributed by atoms with E-state index in [1.807, 2.05) is 54.3 Å². The molecule has 7 nitrogen and oxygen atoms in total. The number of amides is 2. The quantitative estimate of drug-likeness (QED) is 0.665. The monoisotopic (exact) mass is 457 g/mol. The Balaban J connectivity index is 1.21. The van der Waals surface area contributed by atoms with E-state index in [1.54, 1.807) is 4.90 Å². The van der Waals surface area contributed by atoms with Crippen LogP contribution in [0, 0.1) is 30.2 Å². The lowest BCUT2D eigenvalue weighted by Gasteiger charge is -2.30. The molecule has 2 amide bonds. The molecule has 7 heteroatoms. The van der Waals surface area contributed by atoms with Crippen LogP contribution in [-0.4, -0.2) is 42.2 Å². The average molecular weight is 458 g/mol. The van der Waals surface area contributed by atoms with Gasteiger partial charge in [-0.25, -0.2) is 0 Å². The first-order chi connectivity index (χ1) is 16.4. The molecule has 174 valence electrons. The summed E-state index contributed by atoms with van der Waals surface area (Å²) in [5, 5.41) is 5.97. The lowest BCUT2D eigenvalue weighted by Crippen LogP contribution is -2.43. The molecule has 5 rings (SSSR count). The minimum atomic E-state index is -0.295. The molecule has 1 atom stereocenters. The summed E-state index contributed by atoms with van der Waals surface area (Å²) >= 11 is 0. The predicted molar refractivity (Wildman–Crippen MR) is 134 cm³/mol. The standard InChI is InChI=1S/C27H29N4O3/c1-17-4-7-20(8-5-17)25-28-26(34-29-25)21-10-12-30(13-11-21)27(33)22-15-24(32)31(16-22)23-9-6-18(2)19(3)14-23/h4-9,14,21-22H,1,10-13,15-16H2,2-3H3/q+1/t22-/m0/s1.